The normalized spacial score (nSPS) is 15.6. The molecule has 3 aromatic rings. The Kier molecular flexibility index (Phi) is 5.75. The van der Waals surface area contributed by atoms with Crippen molar-refractivity contribution >= 4 is 17.4 Å². The summed E-state index contributed by atoms with van der Waals surface area (Å²) >= 11 is 5.95. The van der Waals surface area contributed by atoms with Crippen molar-refractivity contribution in [2.75, 3.05) is 19.6 Å². The number of Topliss-reactive ketones (excluding diaryl/α,β-unsaturated/α-hetero) is 1. The van der Waals surface area contributed by atoms with Crippen LogP contribution in [0, 0.1) is 26.6 Å². The molecule has 0 N–H and O–H groups in total. The average Bonchev–Trinajstić information content (AvgIpc) is 3.27. The van der Waals surface area contributed by atoms with E-state index in [1.807, 2.05) is 31.4 Å². The number of rotatable bonds is 5. The molecule has 0 amide bonds. The molecule has 8 heteroatoms. The molecule has 1 aliphatic rings. The van der Waals surface area contributed by atoms with Crippen molar-refractivity contribution < 1.29 is 13.7 Å². The number of ketones is 1. The van der Waals surface area contributed by atoms with Crippen LogP contribution in [0.5, 0.6) is 0 Å². The van der Waals surface area contributed by atoms with Crippen LogP contribution in [0.15, 0.2) is 28.8 Å². The van der Waals surface area contributed by atoms with E-state index in [-0.39, 0.29) is 16.7 Å². The molecule has 0 spiro atoms. The lowest BCUT2D eigenvalue weighted by Gasteiger charge is -2.29. The molecule has 0 unspecified atom stereocenters. The minimum absolute atomic E-state index is 0.0622. The smallest absolute Gasteiger partial charge is 0.229 e. The van der Waals surface area contributed by atoms with Gasteiger partial charge in [-0.3, -0.25) is 9.69 Å². The van der Waals surface area contributed by atoms with Crippen molar-refractivity contribution in [2.24, 2.45) is 0 Å². The molecule has 1 aromatic carbocycles. The number of aromatic nitrogens is 3. The minimum atomic E-state index is -0.460. The summed E-state index contributed by atoms with van der Waals surface area (Å²) in [5.74, 6) is 1.22. The molecule has 4 rings (SSSR count). The van der Waals surface area contributed by atoms with Crippen molar-refractivity contribution in [3.8, 4) is 5.69 Å². The number of nitrogens with zero attached hydrogens (tertiary/aromatic N) is 4. The fourth-order valence-electron chi connectivity index (χ4n) is 4.17. The van der Waals surface area contributed by atoms with Crippen LogP contribution in [0.1, 0.15) is 52.2 Å². The SMILES string of the molecule is Cc1noc(C2CCN(CC(=O)c3cc(C)n(-c4ccc(F)c(Cl)c4)c3C)CC2)n1. The van der Waals surface area contributed by atoms with Crippen LogP contribution in [0.3, 0.4) is 0 Å². The Hall–Kier alpha value is -2.51. The van der Waals surface area contributed by atoms with Crippen molar-refractivity contribution in [3.05, 3.63) is 63.8 Å². The maximum Gasteiger partial charge on any atom is 0.229 e. The molecule has 2 aromatic heterocycles. The van der Waals surface area contributed by atoms with E-state index in [0.717, 1.165) is 43.0 Å². The lowest BCUT2D eigenvalue weighted by atomic mass is 9.96. The maximum absolute atomic E-state index is 13.5. The first-order valence-electron chi connectivity index (χ1n) is 10.0. The third kappa shape index (κ3) is 4.04. The first-order chi connectivity index (χ1) is 14.3. The minimum Gasteiger partial charge on any atom is -0.339 e. The van der Waals surface area contributed by atoms with E-state index in [1.54, 1.807) is 12.1 Å². The summed E-state index contributed by atoms with van der Waals surface area (Å²) in [6.45, 7) is 7.63. The van der Waals surface area contributed by atoms with Gasteiger partial charge in [0.25, 0.3) is 0 Å². The first-order valence-corrected chi connectivity index (χ1v) is 10.4. The van der Waals surface area contributed by atoms with E-state index in [2.05, 4.69) is 15.0 Å². The number of carbonyl (C=O) groups excluding carboxylic acids is 1. The Bertz CT molecular complexity index is 1080. The second-order valence-electron chi connectivity index (χ2n) is 7.87. The Morgan fingerprint density at radius 2 is 1.97 bits per heavy atom. The number of benzene rings is 1. The summed E-state index contributed by atoms with van der Waals surface area (Å²) in [5, 5.41) is 3.93. The zero-order chi connectivity index (χ0) is 21.4. The van der Waals surface area contributed by atoms with Gasteiger partial charge in [-0.05, 0) is 71.0 Å². The van der Waals surface area contributed by atoms with Crippen LogP contribution >= 0.6 is 11.6 Å². The molecule has 1 aliphatic heterocycles. The highest BCUT2D eigenvalue weighted by molar-refractivity contribution is 6.30. The van der Waals surface area contributed by atoms with E-state index >= 15 is 0 Å². The summed E-state index contributed by atoms with van der Waals surface area (Å²) in [5.41, 5.74) is 3.16. The molecule has 0 atom stereocenters. The quantitative estimate of drug-likeness (QED) is 0.552. The number of halogens is 2. The van der Waals surface area contributed by atoms with Gasteiger partial charge in [0, 0.05) is 28.6 Å². The number of carbonyl (C=O) groups is 1. The fraction of sp³-hybridized carbons (Fsp3) is 0.409. The number of likely N-dealkylation sites (tertiary alicyclic amines) is 1. The first kappa shape index (κ1) is 20.8. The Labute approximate surface area is 179 Å². The van der Waals surface area contributed by atoms with Gasteiger partial charge in [0.15, 0.2) is 11.6 Å². The van der Waals surface area contributed by atoms with Gasteiger partial charge in [0.2, 0.25) is 5.89 Å². The molecule has 0 aliphatic carbocycles. The highest BCUT2D eigenvalue weighted by Gasteiger charge is 2.27. The van der Waals surface area contributed by atoms with Gasteiger partial charge >= 0.3 is 0 Å². The molecular weight excluding hydrogens is 407 g/mol. The summed E-state index contributed by atoms with van der Waals surface area (Å²) < 4.78 is 20.8. The van der Waals surface area contributed by atoms with Crippen molar-refractivity contribution in [1.82, 2.24) is 19.6 Å². The molecule has 6 nitrogen and oxygen atoms in total. The van der Waals surface area contributed by atoms with Crippen molar-refractivity contribution in [3.63, 3.8) is 0 Å². The lowest BCUT2D eigenvalue weighted by molar-refractivity contribution is 0.0904. The van der Waals surface area contributed by atoms with Gasteiger partial charge in [0.05, 0.1) is 11.6 Å². The molecule has 3 heterocycles. The monoisotopic (exact) mass is 430 g/mol. The molecule has 0 bridgehead atoms. The van der Waals surface area contributed by atoms with Gasteiger partial charge in [0.1, 0.15) is 5.82 Å². The Morgan fingerprint density at radius 3 is 2.60 bits per heavy atom. The molecule has 1 saturated heterocycles. The fourth-order valence-corrected chi connectivity index (χ4v) is 4.35. The predicted molar refractivity (Wildman–Crippen MR) is 112 cm³/mol. The number of aryl methyl sites for hydroxylation is 2. The van der Waals surface area contributed by atoms with Crippen LogP contribution in [0.2, 0.25) is 5.02 Å². The van der Waals surface area contributed by atoms with Crippen LogP contribution in [0.25, 0.3) is 5.69 Å². The van der Waals surface area contributed by atoms with Crippen LogP contribution in [-0.4, -0.2) is 45.0 Å². The molecule has 1 fully saturated rings. The van der Waals surface area contributed by atoms with Gasteiger partial charge < -0.3 is 9.09 Å². The largest absolute Gasteiger partial charge is 0.339 e. The second kappa shape index (κ2) is 8.32. The summed E-state index contributed by atoms with van der Waals surface area (Å²) in [7, 11) is 0. The highest BCUT2D eigenvalue weighted by atomic mass is 35.5. The molecule has 0 saturated carbocycles. The van der Waals surface area contributed by atoms with Crippen molar-refractivity contribution in [2.45, 2.75) is 39.5 Å². The van der Waals surface area contributed by atoms with Crippen LogP contribution < -0.4 is 0 Å². The third-order valence-electron chi connectivity index (χ3n) is 5.74. The standard InChI is InChI=1S/C22H24ClFN4O2/c1-13-10-18(14(2)28(13)17-4-5-20(24)19(23)11-17)21(29)12-27-8-6-16(7-9-27)22-25-15(3)26-30-22/h4-5,10-11,16H,6-9,12H2,1-3H3. The van der Waals surface area contributed by atoms with Crippen LogP contribution in [-0.2, 0) is 0 Å². The average molecular weight is 431 g/mol. The highest BCUT2D eigenvalue weighted by Crippen LogP contribution is 2.28. The van der Waals surface area contributed by atoms with Gasteiger partial charge in [-0.2, -0.15) is 4.98 Å². The third-order valence-corrected chi connectivity index (χ3v) is 6.03. The summed E-state index contributed by atoms with van der Waals surface area (Å²) in [6.07, 6.45) is 1.78. The van der Waals surface area contributed by atoms with Gasteiger partial charge in [-0.1, -0.05) is 16.8 Å². The summed E-state index contributed by atoms with van der Waals surface area (Å²) in [6, 6.07) is 6.48. The van der Waals surface area contributed by atoms with Gasteiger partial charge in [-0.15, -0.1) is 0 Å². The zero-order valence-electron chi connectivity index (χ0n) is 17.3. The topological polar surface area (TPSA) is 64.2 Å². The lowest BCUT2D eigenvalue weighted by Crippen LogP contribution is -2.37. The number of piperidine rings is 1. The second-order valence-corrected chi connectivity index (χ2v) is 8.28. The van der Waals surface area contributed by atoms with E-state index < -0.39 is 5.82 Å². The van der Waals surface area contributed by atoms with Crippen LogP contribution in [0.4, 0.5) is 4.39 Å². The van der Waals surface area contributed by atoms with E-state index in [0.29, 0.717) is 23.8 Å². The molecular formula is C22H24ClFN4O2. The van der Waals surface area contributed by atoms with Gasteiger partial charge in [-0.25, -0.2) is 4.39 Å². The zero-order valence-corrected chi connectivity index (χ0v) is 18.0. The summed E-state index contributed by atoms with van der Waals surface area (Å²) in [4.78, 5) is 19.5. The predicted octanol–water partition coefficient (Wildman–Crippen LogP) is 4.64. The van der Waals surface area contributed by atoms with E-state index in [4.69, 9.17) is 16.1 Å². The number of hydrogen-bond donors (Lipinski definition) is 0. The molecule has 30 heavy (non-hydrogen) atoms. The molecule has 0 radical (unpaired) electrons. The molecule has 158 valence electrons. The van der Waals surface area contributed by atoms with E-state index in [1.165, 1.54) is 6.07 Å². The van der Waals surface area contributed by atoms with Crippen molar-refractivity contribution in [1.29, 1.82) is 0 Å². The Morgan fingerprint density at radius 1 is 1.23 bits per heavy atom. The van der Waals surface area contributed by atoms with E-state index in [9.17, 15) is 9.18 Å². The maximum atomic E-state index is 13.5. The Balaban J connectivity index is 1.45. The number of hydrogen-bond acceptors (Lipinski definition) is 5.